The van der Waals surface area contributed by atoms with Gasteiger partial charge in [0.1, 0.15) is 5.82 Å². The average molecular weight is 211 g/mol. The average Bonchev–Trinajstić information content (AvgIpc) is 2.18. The van der Waals surface area contributed by atoms with E-state index in [0.29, 0.717) is 13.2 Å². The van der Waals surface area contributed by atoms with Crippen LogP contribution >= 0.6 is 0 Å². The van der Waals surface area contributed by atoms with Gasteiger partial charge in [-0.25, -0.2) is 4.98 Å². The molecule has 0 saturated carbocycles. The molecule has 5 nitrogen and oxygen atoms in total. The number of aliphatic hydroxyl groups is 1. The number of anilines is 1. The lowest BCUT2D eigenvalue weighted by Gasteiger charge is -2.22. The van der Waals surface area contributed by atoms with Gasteiger partial charge in [-0.2, -0.15) is 0 Å². The van der Waals surface area contributed by atoms with Gasteiger partial charge in [0.2, 0.25) is 0 Å². The van der Waals surface area contributed by atoms with E-state index in [9.17, 15) is 5.11 Å². The first-order valence-corrected chi connectivity index (χ1v) is 4.81. The Balaban J connectivity index is 2.61. The lowest BCUT2D eigenvalue weighted by molar-refractivity contribution is 0.0694. The molecular formula is C10H17N3O2. The van der Waals surface area contributed by atoms with Crippen molar-refractivity contribution in [3.05, 3.63) is 18.1 Å². The Kier molecular flexibility index (Phi) is 4.45. The van der Waals surface area contributed by atoms with E-state index in [4.69, 9.17) is 4.74 Å². The molecule has 0 aromatic carbocycles. The minimum absolute atomic E-state index is 0.323. The molecule has 0 aliphatic carbocycles. The number of rotatable bonds is 5. The molecule has 0 amide bonds. The van der Waals surface area contributed by atoms with E-state index in [-0.39, 0.29) is 0 Å². The smallest absolute Gasteiger partial charge is 0.149 e. The Morgan fingerprint density at radius 2 is 2.13 bits per heavy atom. The molecule has 0 fully saturated rings. The first-order chi connectivity index (χ1) is 7.15. The zero-order valence-electron chi connectivity index (χ0n) is 9.34. The highest BCUT2D eigenvalue weighted by Gasteiger charge is 2.11. The van der Waals surface area contributed by atoms with Crippen molar-refractivity contribution >= 4 is 5.82 Å². The molecule has 84 valence electrons. The molecule has 15 heavy (non-hydrogen) atoms. The maximum absolute atomic E-state index is 9.56. The van der Waals surface area contributed by atoms with Crippen LogP contribution in [-0.4, -0.2) is 48.5 Å². The van der Waals surface area contributed by atoms with Crippen molar-refractivity contribution in [2.24, 2.45) is 0 Å². The lowest BCUT2D eigenvalue weighted by atomic mass is 10.3. The van der Waals surface area contributed by atoms with E-state index in [1.165, 1.54) is 0 Å². The van der Waals surface area contributed by atoms with Crippen molar-refractivity contribution in [3.63, 3.8) is 0 Å². The summed E-state index contributed by atoms with van der Waals surface area (Å²) in [7, 11) is 3.44. The second-order valence-corrected chi connectivity index (χ2v) is 3.46. The standard InChI is InChI=1S/C10H17N3O2/c1-8-10(12-5-4-11-8)13(2)6-9(14)7-15-3/h4-5,9,14H,6-7H2,1-3H3. The zero-order valence-corrected chi connectivity index (χ0v) is 9.34. The second kappa shape index (κ2) is 5.63. The van der Waals surface area contributed by atoms with Crippen molar-refractivity contribution in [1.82, 2.24) is 9.97 Å². The number of likely N-dealkylation sites (N-methyl/N-ethyl adjacent to an activating group) is 1. The van der Waals surface area contributed by atoms with Gasteiger partial charge in [0, 0.05) is 33.1 Å². The van der Waals surface area contributed by atoms with Gasteiger partial charge in [-0.15, -0.1) is 0 Å². The van der Waals surface area contributed by atoms with Gasteiger partial charge in [-0.1, -0.05) is 0 Å². The first kappa shape index (κ1) is 11.9. The molecule has 1 N–H and O–H groups in total. The van der Waals surface area contributed by atoms with E-state index in [2.05, 4.69) is 9.97 Å². The molecule has 1 heterocycles. The number of aryl methyl sites for hydroxylation is 1. The molecule has 5 heteroatoms. The predicted molar refractivity (Wildman–Crippen MR) is 57.9 cm³/mol. The normalized spacial score (nSPS) is 12.5. The maximum Gasteiger partial charge on any atom is 0.149 e. The van der Waals surface area contributed by atoms with Crippen LogP contribution in [0.2, 0.25) is 0 Å². The predicted octanol–water partition coefficient (Wildman–Crippen LogP) is 0.229. The van der Waals surface area contributed by atoms with Crippen LogP contribution in [0, 0.1) is 6.92 Å². The summed E-state index contributed by atoms with van der Waals surface area (Å²) in [6.07, 6.45) is 2.78. The van der Waals surface area contributed by atoms with Crippen LogP contribution < -0.4 is 4.90 Å². The topological polar surface area (TPSA) is 58.5 Å². The van der Waals surface area contributed by atoms with Crippen LogP contribution in [0.1, 0.15) is 5.69 Å². The first-order valence-electron chi connectivity index (χ1n) is 4.81. The quantitative estimate of drug-likeness (QED) is 0.755. The van der Waals surface area contributed by atoms with Gasteiger partial charge >= 0.3 is 0 Å². The highest BCUT2D eigenvalue weighted by atomic mass is 16.5. The molecule has 1 aromatic heterocycles. The van der Waals surface area contributed by atoms with Crippen molar-refractivity contribution in [3.8, 4) is 0 Å². The molecule has 0 aliphatic rings. The van der Waals surface area contributed by atoms with Gasteiger partial charge in [0.15, 0.2) is 0 Å². The summed E-state index contributed by atoms with van der Waals surface area (Å²) in [5.41, 5.74) is 0.851. The minimum Gasteiger partial charge on any atom is -0.389 e. The Morgan fingerprint density at radius 1 is 1.47 bits per heavy atom. The van der Waals surface area contributed by atoms with Crippen molar-refractivity contribution in [2.75, 3.05) is 32.2 Å². The summed E-state index contributed by atoms with van der Waals surface area (Å²) in [5, 5.41) is 9.56. The second-order valence-electron chi connectivity index (χ2n) is 3.46. The number of hydrogen-bond acceptors (Lipinski definition) is 5. The zero-order chi connectivity index (χ0) is 11.3. The van der Waals surface area contributed by atoms with Gasteiger partial charge in [-0.3, -0.25) is 4.98 Å². The third-order valence-corrected chi connectivity index (χ3v) is 2.06. The van der Waals surface area contributed by atoms with E-state index in [1.54, 1.807) is 19.5 Å². The number of methoxy groups -OCH3 is 1. The monoisotopic (exact) mass is 211 g/mol. The summed E-state index contributed by atoms with van der Waals surface area (Å²) in [6, 6.07) is 0. The fourth-order valence-electron chi connectivity index (χ4n) is 1.42. The van der Waals surface area contributed by atoms with Gasteiger partial charge in [0.05, 0.1) is 18.4 Å². The van der Waals surface area contributed by atoms with E-state index >= 15 is 0 Å². The fourth-order valence-corrected chi connectivity index (χ4v) is 1.42. The highest BCUT2D eigenvalue weighted by Crippen LogP contribution is 2.11. The lowest BCUT2D eigenvalue weighted by Crippen LogP contribution is -2.32. The maximum atomic E-state index is 9.56. The van der Waals surface area contributed by atoms with Crippen LogP contribution in [0.5, 0.6) is 0 Å². The minimum atomic E-state index is -0.513. The SMILES string of the molecule is COCC(O)CN(C)c1nccnc1C. The summed E-state index contributed by atoms with van der Waals surface area (Å²) in [5.74, 6) is 0.785. The summed E-state index contributed by atoms with van der Waals surface area (Å²) >= 11 is 0. The molecule has 1 unspecified atom stereocenters. The van der Waals surface area contributed by atoms with E-state index in [0.717, 1.165) is 11.5 Å². The Bertz CT molecular complexity index is 306. The highest BCUT2D eigenvalue weighted by molar-refractivity contribution is 5.41. The fraction of sp³-hybridized carbons (Fsp3) is 0.600. The molecule has 0 aliphatic heterocycles. The molecule has 1 rings (SSSR count). The van der Waals surface area contributed by atoms with Gasteiger partial charge < -0.3 is 14.7 Å². The summed E-state index contributed by atoms with van der Waals surface area (Å²) in [4.78, 5) is 10.2. The molecule has 1 aromatic rings. The van der Waals surface area contributed by atoms with E-state index in [1.807, 2.05) is 18.9 Å². The molecule has 0 spiro atoms. The molecule has 0 radical (unpaired) electrons. The van der Waals surface area contributed by atoms with Gasteiger partial charge in [0.25, 0.3) is 0 Å². The van der Waals surface area contributed by atoms with Crippen LogP contribution in [0.4, 0.5) is 5.82 Å². The number of ether oxygens (including phenoxy) is 1. The van der Waals surface area contributed by atoms with Gasteiger partial charge in [-0.05, 0) is 6.92 Å². The summed E-state index contributed by atoms with van der Waals surface area (Å²) in [6.45, 7) is 2.69. The Hall–Kier alpha value is -1.20. The van der Waals surface area contributed by atoms with Crippen molar-refractivity contribution in [2.45, 2.75) is 13.0 Å². The van der Waals surface area contributed by atoms with Crippen molar-refractivity contribution < 1.29 is 9.84 Å². The number of aromatic nitrogens is 2. The largest absolute Gasteiger partial charge is 0.389 e. The van der Waals surface area contributed by atoms with E-state index < -0.39 is 6.10 Å². The molecular weight excluding hydrogens is 194 g/mol. The number of nitrogens with zero attached hydrogens (tertiary/aromatic N) is 3. The van der Waals surface area contributed by atoms with Crippen LogP contribution in [0.25, 0.3) is 0 Å². The van der Waals surface area contributed by atoms with Crippen molar-refractivity contribution in [1.29, 1.82) is 0 Å². The number of aliphatic hydroxyl groups excluding tert-OH is 1. The summed E-state index contributed by atoms with van der Waals surface area (Å²) < 4.78 is 4.86. The van der Waals surface area contributed by atoms with Crippen LogP contribution in [0.15, 0.2) is 12.4 Å². The molecule has 0 bridgehead atoms. The van der Waals surface area contributed by atoms with Crippen LogP contribution in [0.3, 0.4) is 0 Å². The van der Waals surface area contributed by atoms with Crippen LogP contribution in [-0.2, 0) is 4.74 Å². The third-order valence-electron chi connectivity index (χ3n) is 2.06. The Morgan fingerprint density at radius 3 is 2.73 bits per heavy atom. The number of hydrogen-bond donors (Lipinski definition) is 1. The third kappa shape index (κ3) is 3.45. The Labute approximate surface area is 89.7 Å². The molecule has 0 saturated heterocycles. The molecule has 1 atom stereocenters.